The molecule has 0 fully saturated rings. The van der Waals surface area contributed by atoms with Crippen molar-refractivity contribution in [2.75, 3.05) is 19.4 Å². The summed E-state index contributed by atoms with van der Waals surface area (Å²) in [6.07, 6.45) is 3.58. The van der Waals surface area contributed by atoms with Crippen molar-refractivity contribution in [3.63, 3.8) is 0 Å². The molecule has 1 atom stereocenters. The van der Waals surface area contributed by atoms with Crippen LogP contribution in [0.15, 0.2) is 65.8 Å². The van der Waals surface area contributed by atoms with Crippen LogP contribution in [-0.4, -0.2) is 35.0 Å². The molecule has 0 radical (unpaired) electrons. The van der Waals surface area contributed by atoms with Crippen LogP contribution in [0.4, 0.5) is 4.79 Å². The number of carbonyl (C=O) groups is 1. The Morgan fingerprint density at radius 2 is 2.03 bits per heavy atom. The normalized spacial score (nSPS) is 11.7. The molecule has 0 unspecified atom stereocenters. The Kier molecular flexibility index (Phi) is 7.19. The predicted molar refractivity (Wildman–Crippen MR) is 116 cm³/mol. The van der Waals surface area contributed by atoms with Crippen molar-refractivity contribution in [2.24, 2.45) is 7.05 Å². The monoisotopic (exact) mass is 410 g/mol. The van der Waals surface area contributed by atoms with Gasteiger partial charge in [-0.25, -0.2) is 9.78 Å². The van der Waals surface area contributed by atoms with E-state index in [-0.39, 0.29) is 12.1 Å². The van der Waals surface area contributed by atoms with Crippen molar-refractivity contribution in [3.05, 3.63) is 77.9 Å². The summed E-state index contributed by atoms with van der Waals surface area (Å²) >= 11 is 1.72. The number of nitrogens with zero attached hydrogens (tertiary/aromatic N) is 2. The third kappa shape index (κ3) is 5.77. The van der Waals surface area contributed by atoms with Crippen LogP contribution in [0.5, 0.6) is 5.75 Å². The van der Waals surface area contributed by atoms with Gasteiger partial charge in [-0.15, -0.1) is 11.8 Å². The van der Waals surface area contributed by atoms with Gasteiger partial charge < -0.3 is 19.9 Å². The molecule has 0 spiro atoms. The van der Waals surface area contributed by atoms with E-state index in [0.29, 0.717) is 6.54 Å². The smallest absolute Gasteiger partial charge is 0.315 e. The van der Waals surface area contributed by atoms with Crippen LogP contribution in [0.3, 0.4) is 0 Å². The largest absolute Gasteiger partial charge is 0.497 e. The van der Waals surface area contributed by atoms with E-state index in [4.69, 9.17) is 4.74 Å². The van der Waals surface area contributed by atoms with Gasteiger partial charge in [0.25, 0.3) is 0 Å². The Hall–Kier alpha value is -2.93. The number of methoxy groups -OCH3 is 1. The highest BCUT2D eigenvalue weighted by Gasteiger charge is 2.21. The summed E-state index contributed by atoms with van der Waals surface area (Å²) in [6, 6.07) is 15.4. The molecule has 0 saturated carbocycles. The number of carbonyl (C=O) groups excluding carboxylic acids is 1. The first kappa shape index (κ1) is 20.8. The van der Waals surface area contributed by atoms with Gasteiger partial charge in [0.1, 0.15) is 17.6 Å². The van der Waals surface area contributed by atoms with E-state index >= 15 is 0 Å². The average molecular weight is 411 g/mol. The number of aromatic nitrogens is 2. The maximum Gasteiger partial charge on any atom is 0.315 e. The molecule has 152 valence electrons. The molecule has 2 amide bonds. The molecule has 7 heteroatoms. The Balaban J connectivity index is 1.60. The Bertz CT molecular complexity index is 940. The number of amides is 2. The summed E-state index contributed by atoms with van der Waals surface area (Å²) in [4.78, 5) is 18.2. The molecule has 0 aliphatic rings. The second-order valence-electron chi connectivity index (χ2n) is 6.67. The number of aryl methyl sites for hydroxylation is 2. The van der Waals surface area contributed by atoms with Gasteiger partial charge in [-0.05, 0) is 36.8 Å². The SMILES string of the molecule is COc1cccc([C@@H](NC(=O)NCCSc2ccc(C)cc2)c2nccn2C)c1. The number of imidazole rings is 1. The van der Waals surface area contributed by atoms with Gasteiger partial charge in [0.15, 0.2) is 0 Å². The molecule has 1 heterocycles. The maximum absolute atomic E-state index is 12.5. The average Bonchev–Trinajstić information content (AvgIpc) is 3.16. The molecule has 6 nitrogen and oxygen atoms in total. The molecule has 1 aromatic heterocycles. The van der Waals surface area contributed by atoms with Crippen LogP contribution in [0.2, 0.25) is 0 Å². The van der Waals surface area contributed by atoms with Crippen LogP contribution < -0.4 is 15.4 Å². The fourth-order valence-corrected chi connectivity index (χ4v) is 3.69. The standard InChI is InChI=1S/C22H26N4O2S/c1-16-7-9-19(10-8-16)29-14-12-24-22(27)25-20(21-23-11-13-26(21)2)17-5-4-6-18(15-17)28-3/h4-11,13,15,20H,12,14H2,1-3H3,(H2,24,25,27)/t20-/m1/s1. The van der Waals surface area contributed by atoms with Crippen molar-refractivity contribution in [2.45, 2.75) is 17.9 Å². The summed E-state index contributed by atoms with van der Waals surface area (Å²) in [6.45, 7) is 2.64. The van der Waals surface area contributed by atoms with E-state index in [1.165, 1.54) is 10.5 Å². The van der Waals surface area contributed by atoms with E-state index in [2.05, 4.69) is 46.8 Å². The molecule has 2 N–H and O–H groups in total. The van der Waals surface area contributed by atoms with E-state index in [1.807, 2.05) is 42.1 Å². The highest BCUT2D eigenvalue weighted by atomic mass is 32.2. The predicted octanol–water partition coefficient (Wildman–Crippen LogP) is 3.92. The first-order valence-corrected chi connectivity index (χ1v) is 10.4. The number of ether oxygens (including phenoxy) is 1. The zero-order valence-electron chi connectivity index (χ0n) is 16.9. The summed E-state index contributed by atoms with van der Waals surface area (Å²) in [7, 11) is 3.54. The summed E-state index contributed by atoms with van der Waals surface area (Å²) in [5.41, 5.74) is 2.15. The minimum atomic E-state index is -0.380. The quantitative estimate of drug-likeness (QED) is 0.436. The number of benzene rings is 2. The van der Waals surface area contributed by atoms with Crippen molar-refractivity contribution < 1.29 is 9.53 Å². The highest BCUT2D eigenvalue weighted by molar-refractivity contribution is 7.99. The minimum absolute atomic E-state index is 0.231. The lowest BCUT2D eigenvalue weighted by atomic mass is 10.1. The number of thioether (sulfide) groups is 1. The van der Waals surface area contributed by atoms with Crippen LogP contribution in [-0.2, 0) is 7.05 Å². The molecule has 3 rings (SSSR count). The third-order valence-corrected chi connectivity index (χ3v) is 5.51. The number of nitrogens with one attached hydrogen (secondary N) is 2. The lowest BCUT2D eigenvalue weighted by Gasteiger charge is -2.20. The van der Waals surface area contributed by atoms with Crippen molar-refractivity contribution in [3.8, 4) is 5.75 Å². The number of urea groups is 1. The number of hydrogen-bond donors (Lipinski definition) is 2. The second-order valence-corrected chi connectivity index (χ2v) is 7.84. The Morgan fingerprint density at radius 3 is 2.72 bits per heavy atom. The zero-order valence-corrected chi connectivity index (χ0v) is 17.7. The van der Waals surface area contributed by atoms with Gasteiger partial charge in [-0.1, -0.05) is 29.8 Å². The fourth-order valence-electron chi connectivity index (χ4n) is 2.92. The highest BCUT2D eigenvalue weighted by Crippen LogP contribution is 2.24. The zero-order chi connectivity index (χ0) is 20.6. The van der Waals surface area contributed by atoms with Gasteiger partial charge in [-0.2, -0.15) is 0 Å². The molecule has 0 bridgehead atoms. The van der Waals surface area contributed by atoms with Gasteiger partial charge >= 0.3 is 6.03 Å². The van der Waals surface area contributed by atoms with Crippen LogP contribution >= 0.6 is 11.8 Å². The van der Waals surface area contributed by atoms with Crippen molar-refractivity contribution in [1.29, 1.82) is 0 Å². The molecule has 0 aliphatic heterocycles. The Morgan fingerprint density at radius 1 is 1.24 bits per heavy atom. The second kappa shape index (κ2) is 10.0. The van der Waals surface area contributed by atoms with Crippen LogP contribution in [0.25, 0.3) is 0 Å². The van der Waals surface area contributed by atoms with Gasteiger partial charge in [0.2, 0.25) is 0 Å². The lowest BCUT2D eigenvalue weighted by molar-refractivity contribution is 0.238. The summed E-state index contributed by atoms with van der Waals surface area (Å²) in [5.74, 6) is 2.28. The third-order valence-electron chi connectivity index (χ3n) is 4.50. The first-order valence-electron chi connectivity index (χ1n) is 9.42. The van der Waals surface area contributed by atoms with E-state index in [1.54, 1.807) is 25.1 Å². The van der Waals surface area contributed by atoms with E-state index in [0.717, 1.165) is 22.9 Å². The minimum Gasteiger partial charge on any atom is -0.497 e. The van der Waals surface area contributed by atoms with Gasteiger partial charge in [0, 0.05) is 36.6 Å². The van der Waals surface area contributed by atoms with Gasteiger partial charge in [0.05, 0.1) is 7.11 Å². The molecule has 3 aromatic rings. The fraction of sp³-hybridized carbons (Fsp3) is 0.273. The molecular weight excluding hydrogens is 384 g/mol. The van der Waals surface area contributed by atoms with Crippen molar-refractivity contribution in [1.82, 2.24) is 20.2 Å². The summed E-state index contributed by atoms with van der Waals surface area (Å²) in [5, 5.41) is 5.97. The molecule has 0 saturated heterocycles. The van der Waals surface area contributed by atoms with E-state index in [9.17, 15) is 4.79 Å². The maximum atomic E-state index is 12.5. The van der Waals surface area contributed by atoms with Crippen LogP contribution in [0.1, 0.15) is 23.0 Å². The summed E-state index contributed by atoms with van der Waals surface area (Å²) < 4.78 is 7.23. The molecule has 2 aromatic carbocycles. The van der Waals surface area contributed by atoms with Gasteiger partial charge in [-0.3, -0.25) is 0 Å². The van der Waals surface area contributed by atoms with E-state index < -0.39 is 0 Å². The number of hydrogen-bond acceptors (Lipinski definition) is 4. The number of rotatable bonds is 8. The van der Waals surface area contributed by atoms with Crippen LogP contribution in [0, 0.1) is 6.92 Å². The van der Waals surface area contributed by atoms with Crippen molar-refractivity contribution >= 4 is 17.8 Å². The first-order chi connectivity index (χ1) is 14.1. The topological polar surface area (TPSA) is 68.2 Å². The molecule has 29 heavy (non-hydrogen) atoms. The lowest BCUT2D eigenvalue weighted by Crippen LogP contribution is -2.40. The molecule has 0 aliphatic carbocycles. The Labute approximate surface area is 175 Å². The molecular formula is C22H26N4O2S.